The van der Waals surface area contributed by atoms with Crippen LogP contribution < -0.4 is 5.32 Å². The predicted molar refractivity (Wildman–Crippen MR) is 36.7 cm³/mol. The van der Waals surface area contributed by atoms with Crippen LogP contribution in [0.25, 0.3) is 0 Å². The summed E-state index contributed by atoms with van der Waals surface area (Å²) >= 11 is 0. The number of nitrogens with one attached hydrogen (secondary N) is 1. The first-order valence-electron chi connectivity index (χ1n) is 3.67. The van der Waals surface area contributed by atoms with Crippen molar-refractivity contribution < 1.29 is 13.6 Å². The van der Waals surface area contributed by atoms with E-state index in [0.717, 1.165) is 13.3 Å². The molecule has 2 nitrogen and oxygen atoms in total. The van der Waals surface area contributed by atoms with E-state index < -0.39 is 17.7 Å². The standard InChI is InChI=1S/C7H11F2NO/c1-5(11)7(8,9)6-3-2-4-10-6/h6,10H,2-4H2,1H3. The molecule has 1 N–H and O–H groups in total. The minimum Gasteiger partial charge on any atom is -0.308 e. The van der Waals surface area contributed by atoms with Crippen LogP contribution in [0, 0.1) is 0 Å². The summed E-state index contributed by atoms with van der Waals surface area (Å²) in [6, 6.07) is -0.931. The zero-order valence-electron chi connectivity index (χ0n) is 6.36. The van der Waals surface area contributed by atoms with Crippen LogP contribution in [0.5, 0.6) is 0 Å². The summed E-state index contributed by atoms with van der Waals surface area (Å²) in [5.74, 6) is -4.21. The Kier molecular flexibility index (Phi) is 2.23. The van der Waals surface area contributed by atoms with Crippen molar-refractivity contribution in [1.29, 1.82) is 0 Å². The number of carbonyl (C=O) groups excluding carboxylic acids is 1. The average Bonchev–Trinajstić information content (AvgIpc) is 2.37. The van der Waals surface area contributed by atoms with Crippen molar-refractivity contribution in [3.05, 3.63) is 0 Å². The zero-order valence-corrected chi connectivity index (χ0v) is 6.36. The Hall–Kier alpha value is -0.510. The first kappa shape index (κ1) is 8.59. The van der Waals surface area contributed by atoms with E-state index in [0.29, 0.717) is 13.0 Å². The van der Waals surface area contributed by atoms with E-state index >= 15 is 0 Å². The zero-order chi connectivity index (χ0) is 8.48. The summed E-state index contributed by atoms with van der Waals surface area (Å²) in [5, 5.41) is 2.61. The maximum atomic E-state index is 12.8. The van der Waals surface area contributed by atoms with E-state index in [1.165, 1.54) is 0 Å². The Balaban J connectivity index is 2.62. The lowest BCUT2D eigenvalue weighted by Gasteiger charge is -2.19. The Morgan fingerprint density at radius 3 is 2.64 bits per heavy atom. The molecule has 1 aliphatic rings. The number of carbonyl (C=O) groups is 1. The fraction of sp³-hybridized carbons (Fsp3) is 0.857. The molecular formula is C7H11F2NO. The maximum Gasteiger partial charge on any atom is 0.319 e. The van der Waals surface area contributed by atoms with Crippen LogP contribution >= 0.6 is 0 Å². The minimum absolute atomic E-state index is 0.395. The van der Waals surface area contributed by atoms with Gasteiger partial charge in [0.05, 0.1) is 6.04 Å². The van der Waals surface area contributed by atoms with Crippen LogP contribution in [-0.2, 0) is 4.79 Å². The lowest BCUT2D eigenvalue weighted by Crippen LogP contribution is -2.45. The van der Waals surface area contributed by atoms with E-state index in [2.05, 4.69) is 5.32 Å². The summed E-state index contributed by atoms with van der Waals surface area (Å²) in [5.41, 5.74) is 0. The number of hydrogen-bond acceptors (Lipinski definition) is 2. The van der Waals surface area contributed by atoms with Crippen molar-refractivity contribution in [2.75, 3.05) is 6.54 Å². The monoisotopic (exact) mass is 163 g/mol. The molecule has 1 unspecified atom stereocenters. The maximum absolute atomic E-state index is 12.8. The Morgan fingerprint density at radius 2 is 2.27 bits per heavy atom. The van der Waals surface area contributed by atoms with Gasteiger partial charge in [-0.25, -0.2) is 0 Å². The van der Waals surface area contributed by atoms with E-state index in [-0.39, 0.29) is 0 Å². The van der Waals surface area contributed by atoms with Crippen molar-refractivity contribution in [3.8, 4) is 0 Å². The van der Waals surface area contributed by atoms with Crippen LogP contribution in [0.15, 0.2) is 0 Å². The summed E-state index contributed by atoms with van der Waals surface area (Å²) < 4.78 is 25.7. The van der Waals surface area contributed by atoms with Gasteiger partial charge in [0, 0.05) is 6.92 Å². The van der Waals surface area contributed by atoms with Crippen molar-refractivity contribution in [2.24, 2.45) is 0 Å². The topological polar surface area (TPSA) is 29.1 Å². The third-order valence-corrected chi connectivity index (χ3v) is 1.97. The lowest BCUT2D eigenvalue weighted by atomic mass is 10.1. The van der Waals surface area contributed by atoms with Gasteiger partial charge in [0.1, 0.15) is 0 Å². The summed E-state index contributed by atoms with van der Waals surface area (Å²) in [6.45, 7) is 1.52. The number of ketones is 1. The highest BCUT2D eigenvalue weighted by atomic mass is 19.3. The van der Waals surface area contributed by atoms with Crippen molar-refractivity contribution >= 4 is 5.78 Å². The second-order valence-electron chi connectivity index (χ2n) is 2.83. The molecule has 11 heavy (non-hydrogen) atoms. The molecule has 1 saturated heterocycles. The summed E-state index contributed by atoms with van der Waals surface area (Å²) in [4.78, 5) is 10.5. The second-order valence-corrected chi connectivity index (χ2v) is 2.83. The number of Topliss-reactive ketones (excluding diaryl/α,β-unsaturated/α-hetero) is 1. The molecule has 0 spiro atoms. The second kappa shape index (κ2) is 2.85. The van der Waals surface area contributed by atoms with E-state index in [1.54, 1.807) is 0 Å². The molecule has 0 bridgehead atoms. The third-order valence-electron chi connectivity index (χ3n) is 1.97. The molecule has 0 aromatic rings. The molecule has 1 heterocycles. The first-order valence-corrected chi connectivity index (χ1v) is 3.67. The Bertz CT molecular complexity index is 164. The molecule has 1 fully saturated rings. The van der Waals surface area contributed by atoms with Crippen molar-refractivity contribution in [2.45, 2.75) is 31.7 Å². The third kappa shape index (κ3) is 1.56. The molecule has 1 aliphatic heterocycles. The largest absolute Gasteiger partial charge is 0.319 e. The molecule has 1 atom stereocenters. The van der Waals surface area contributed by atoms with Crippen LogP contribution in [0.3, 0.4) is 0 Å². The highest BCUT2D eigenvalue weighted by molar-refractivity contribution is 5.84. The average molecular weight is 163 g/mol. The van der Waals surface area contributed by atoms with Gasteiger partial charge in [-0.1, -0.05) is 0 Å². The van der Waals surface area contributed by atoms with Gasteiger partial charge in [0.15, 0.2) is 5.78 Å². The van der Waals surface area contributed by atoms with Gasteiger partial charge in [0.25, 0.3) is 0 Å². The van der Waals surface area contributed by atoms with Crippen LogP contribution in [0.1, 0.15) is 19.8 Å². The summed E-state index contributed by atoms with van der Waals surface area (Å²) in [7, 11) is 0. The molecule has 0 aromatic heterocycles. The van der Waals surface area contributed by atoms with Gasteiger partial charge >= 0.3 is 5.92 Å². The number of halogens is 2. The van der Waals surface area contributed by atoms with E-state index in [4.69, 9.17) is 0 Å². The predicted octanol–water partition coefficient (Wildman–Crippen LogP) is 0.963. The normalized spacial score (nSPS) is 25.5. The fourth-order valence-corrected chi connectivity index (χ4v) is 1.24. The quantitative estimate of drug-likeness (QED) is 0.657. The van der Waals surface area contributed by atoms with Crippen molar-refractivity contribution in [1.82, 2.24) is 5.32 Å². The molecule has 1 rings (SSSR count). The first-order chi connectivity index (χ1) is 5.05. The number of rotatable bonds is 2. The molecule has 0 saturated carbocycles. The van der Waals surface area contributed by atoms with Crippen LogP contribution in [-0.4, -0.2) is 24.3 Å². The minimum atomic E-state index is -3.17. The van der Waals surface area contributed by atoms with Crippen molar-refractivity contribution in [3.63, 3.8) is 0 Å². The van der Waals surface area contributed by atoms with Gasteiger partial charge < -0.3 is 5.32 Å². The van der Waals surface area contributed by atoms with Crippen LogP contribution in [0.2, 0.25) is 0 Å². The Morgan fingerprint density at radius 1 is 1.64 bits per heavy atom. The molecule has 0 amide bonds. The van der Waals surface area contributed by atoms with E-state index in [1.807, 2.05) is 0 Å². The van der Waals surface area contributed by atoms with Gasteiger partial charge in [-0.05, 0) is 19.4 Å². The van der Waals surface area contributed by atoms with Gasteiger partial charge in [-0.15, -0.1) is 0 Å². The molecular weight excluding hydrogens is 152 g/mol. The van der Waals surface area contributed by atoms with E-state index in [9.17, 15) is 13.6 Å². The van der Waals surface area contributed by atoms with Gasteiger partial charge in [-0.2, -0.15) is 8.78 Å². The highest BCUT2D eigenvalue weighted by Crippen LogP contribution is 2.25. The summed E-state index contributed by atoms with van der Waals surface area (Å²) in [6.07, 6.45) is 1.13. The molecule has 4 heteroatoms. The SMILES string of the molecule is CC(=O)C(F)(F)C1CCCN1. The van der Waals surface area contributed by atoms with Gasteiger partial charge in [-0.3, -0.25) is 4.79 Å². The molecule has 0 aromatic carbocycles. The van der Waals surface area contributed by atoms with Gasteiger partial charge in [0.2, 0.25) is 0 Å². The number of alkyl halides is 2. The lowest BCUT2D eigenvalue weighted by molar-refractivity contribution is -0.144. The smallest absolute Gasteiger partial charge is 0.308 e. The van der Waals surface area contributed by atoms with Crippen LogP contribution in [0.4, 0.5) is 8.78 Å². The number of hydrogen-bond donors (Lipinski definition) is 1. The molecule has 0 aliphatic carbocycles. The Labute approximate surface area is 64.0 Å². The molecule has 0 radical (unpaired) electrons. The molecule has 64 valence electrons. The highest BCUT2D eigenvalue weighted by Gasteiger charge is 2.45. The fourth-order valence-electron chi connectivity index (χ4n) is 1.24.